The molecule has 1 saturated heterocycles. The van der Waals surface area contributed by atoms with Crippen molar-refractivity contribution < 1.29 is 18.4 Å². The van der Waals surface area contributed by atoms with Crippen LogP contribution in [0.25, 0.3) is 11.4 Å². The van der Waals surface area contributed by atoms with E-state index in [4.69, 9.17) is 8.85 Å². The monoisotopic (exact) mass is 492 g/mol. The molecule has 3 amide bonds. The van der Waals surface area contributed by atoms with Crippen molar-refractivity contribution in [3.05, 3.63) is 36.3 Å². The summed E-state index contributed by atoms with van der Waals surface area (Å²) >= 11 is 0. The maximum Gasteiger partial charge on any atom is 0.326 e. The second kappa shape index (κ2) is 8.18. The van der Waals surface area contributed by atoms with Crippen LogP contribution in [-0.4, -0.2) is 74.5 Å². The Kier molecular flexibility index (Phi) is 4.32. The molecule has 2 bridgehead atoms. The van der Waals surface area contributed by atoms with Gasteiger partial charge in [-0.05, 0) is 37.3 Å². The summed E-state index contributed by atoms with van der Waals surface area (Å²) in [4.78, 5) is 34.0. The number of aryl methyl sites for hydroxylation is 1. The first kappa shape index (κ1) is 19.0. The first-order chi connectivity index (χ1) is 18.6. The lowest BCUT2D eigenvalue weighted by Crippen LogP contribution is -2.68. The molecule has 0 atom stereocenters. The number of anilines is 3. The molecule has 0 unspecified atom stereocenters. The Morgan fingerprint density at radius 3 is 2.72 bits per heavy atom. The third-order valence-corrected chi connectivity index (χ3v) is 7.30. The largest absolute Gasteiger partial charge is 0.494 e. The van der Waals surface area contributed by atoms with Crippen LogP contribution in [0.15, 0.2) is 30.6 Å². The summed E-state index contributed by atoms with van der Waals surface area (Å²) in [5.41, 5.74) is 0.928. The summed E-state index contributed by atoms with van der Waals surface area (Å²) in [5, 5.41) is 17.6. The van der Waals surface area contributed by atoms with Crippen LogP contribution < -0.4 is 20.3 Å². The van der Waals surface area contributed by atoms with Gasteiger partial charge in [-0.25, -0.2) is 9.78 Å². The standard InChI is InChI=1S/C24H27N9O3/c1-25-22(34)19-17(27-16-6-4-5-15(20(16)36-3)21-26-13-31(2)30-21)9-18(28-29-19)32-7-8-33(23(32)35)24-10-14(11-24)12-24/h4-6,9,13-14H,7-8,10-12H2,1-3H3,(H,25,34)(H,27,28)/i1D3. The van der Waals surface area contributed by atoms with Crippen LogP contribution >= 0.6 is 0 Å². The highest BCUT2D eigenvalue weighted by molar-refractivity contribution is 6.00. The van der Waals surface area contributed by atoms with Gasteiger partial charge in [0.1, 0.15) is 6.33 Å². The van der Waals surface area contributed by atoms with Gasteiger partial charge in [-0.2, -0.15) is 5.10 Å². The first-order valence-corrected chi connectivity index (χ1v) is 11.7. The molecule has 3 aromatic rings. The van der Waals surface area contributed by atoms with Crippen LogP contribution in [0.4, 0.5) is 22.0 Å². The molecule has 186 valence electrons. The summed E-state index contributed by atoms with van der Waals surface area (Å²) in [6, 6.07) is 6.66. The number of para-hydroxylation sites is 1. The number of methoxy groups -OCH3 is 1. The number of carbonyl (C=O) groups is 2. The molecule has 3 aliphatic carbocycles. The van der Waals surface area contributed by atoms with E-state index in [-0.39, 0.29) is 28.8 Å². The number of nitrogens with one attached hydrogen (secondary N) is 2. The molecule has 3 saturated carbocycles. The molecule has 2 aromatic heterocycles. The molecule has 7 rings (SSSR count). The topological polar surface area (TPSA) is 130 Å². The molecule has 4 aliphatic rings. The summed E-state index contributed by atoms with van der Waals surface area (Å²) < 4.78 is 29.6. The highest BCUT2D eigenvalue weighted by Gasteiger charge is 2.62. The van der Waals surface area contributed by atoms with Gasteiger partial charge in [-0.3, -0.25) is 14.4 Å². The predicted octanol–water partition coefficient (Wildman–Crippen LogP) is 2.18. The second-order valence-electron chi connectivity index (χ2n) is 9.46. The zero-order valence-corrected chi connectivity index (χ0v) is 19.9. The summed E-state index contributed by atoms with van der Waals surface area (Å²) in [7, 11) is 3.24. The SMILES string of the molecule is [2H]C([2H])([2H])NC(=O)c1nnc(N2CCN(C34CC(C3)C4)C2=O)cc1Nc1cccc(-c2ncn(C)n2)c1OC. The lowest BCUT2D eigenvalue weighted by atomic mass is 9.49. The average Bonchev–Trinajstić information content (AvgIpc) is 3.42. The molecule has 0 spiro atoms. The minimum atomic E-state index is -2.73. The maximum absolute atomic E-state index is 13.3. The van der Waals surface area contributed by atoms with Gasteiger partial charge in [0.15, 0.2) is 23.1 Å². The third-order valence-electron chi connectivity index (χ3n) is 7.30. The fourth-order valence-electron chi connectivity index (χ4n) is 5.43. The normalized spacial score (nSPS) is 23.8. The number of benzene rings is 1. The number of hydrogen-bond donors (Lipinski definition) is 2. The molecular formula is C24H27N9O3. The van der Waals surface area contributed by atoms with Gasteiger partial charge in [0, 0.05) is 42.8 Å². The number of urea groups is 1. The van der Waals surface area contributed by atoms with E-state index in [1.807, 2.05) is 10.2 Å². The van der Waals surface area contributed by atoms with E-state index in [0.29, 0.717) is 35.9 Å². The zero-order valence-electron chi connectivity index (χ0n) is 22.9. The molecule has 2 N–H and O–H groups in total. The molecule has 12 nitrogen and oxygen atoms in total. The van der Waals surface area contributed by atoms with Crippen LogP contribution in [0.1, 0.15) is 33.9 Å². The molecule has 4 fully saturated rings. The Bertz CT molecular complexity index is 1460. The van der Waals surface area contributed by atoms with E-state index in [1.54, 1.807) is 36.3 Å². The second-order valence-corrected chi connectivity index (χ2v) is 9.46. The summed E-state index contributed by atoms with van der Waals surface area (Å²) in [6.07, 6.45) is 4.69. The Morgan fingerprint density at radius 1 is 1.22 bits per heavy atom. The van der Waals surface area contributed by atoms with E-state index < -0.39 is 12.9 Å². The van der Waals surface area contributed by atoms with Crippen LogP contribution in [0, 0.1) is 5.92 Å². The molecule has 1 aliphatic heterocycles. The molecule has 12 heteroatoms. The van der Waals surface area contributed by atoms with Crippen LogP contribution in [0.3, 0.4) is 0 Å². The van der Waals surface area contributed by atoms with Crippen molar-refractivity contribution in [1.82, 2.24) is 35.2 Å². The van der Waals surface area contributed by atoms with Gasteiger partial charge in [-0.15, -0.1) is 10.2 Å². The van der Waals surface area contributed by atoms with Gasteiger partial charge < -0.3 is 20.3 Å². The Morgan fingerprint density at radius 2 is 2.06 bits per heavy atom. The van der Waals surface area contributed by atoms with Crippen LogP contribution in [0.2, 0.25) is 0 Å². The van der Waals surface area contributed by atoms with Crippen molar-refractivity contribution in [3.63, 3.8) is 0 Å². The lowest BCUT2D eigenvalue weighted by Gasteiger charge is -2.65. The highest BCUT2D eigenvalue weighted by atomic mass is 16.5. The molecule has 36 heavy (non-hydrogen) atoms. The van der Waals surface area contributed by atoms with E-state index >= 15 is 0 Å². The fraction of sp³-hybridized carbons (Fsp3) is 0.417. The average molecular weight is 493 g/mol. The summed E-state index contributed by atoms with van der Waals surface area (Å²) in [6.45, 7) is -1.71. The fourth-order valence-corrected chi connectivity index (χ4v) is 5.43. The number of ether oxygens (including phenoxy) is 1. The van der Waals surface area contributed by atoms with Gasteiger partial charge in [-0.1, -0.05) is 6.07 Å². The molecule has 0 radical (unpaired) electrons. The number of amides is 3. The number of nitrogens with zero attached hydrogens (tertiary/aromatic N) is 7. The van der Waals surface area contributed by atoms with Gasteiger partial charge >= 0.3 is 6.03 Å². The smallest absolute Gasteiger partial charge is 0.326 e. The van der Waals surface area contributed by atoms with Crippen molar-refractivity contribution in [2.24, 2.45) is 13.0 Å². The number of carbonyl (C=O) groups excluding carboxylic acids is 2. The molecule has 3 heterocycles. The first-order valence-electron chi connectivity index (χ1n) is 13.2. The van der Waals surface area contributed by atoms with Gasteiger partial charge in [0.05, 0.1) is 24.0 Å². The van der Waals surface area contributed by atoms with Crippen molar-refractivity contribution in [2.75, 3.05) is 37.4 Å². The van der Waals surface area contributed by atoms with Crippen molar-refractivity contribution in [1.29, 1.82) is 0 Å². The number of rotatable bonds is 7. The van der Waals surface area contributed by atoms with E-state index in [0.717, 1.165) is 25.2 Å². The van der Waals surface area contributed by atoms with E-state index in [9.17, 15) is 9.59 Å². The Balaban J connectivity index is 1.36. The quantitative estimate of drug-likeness (QED) is 0.513. The van der Waals surface area contributed by atoms with Crippen LogP contribution in [0.5, 0.6) is 5.75 Å². The highest BCUT2D eigenvalue weighted by Crippen LogP contribution is 2.61. The maximum atomic E-state index is 13.3. The van der Waals surface area contributed by atoms with E-state index in [2.05, 4.69) is 25.6 Å². The van der Waals surface area contributed by atoms with E-state index in [1.165, 1.54) is 18.1 Å². The van der Waals surface area contributed by atoms with Gasteiger partial charge in [0.2, 0.25) is 0 Å². The minimum absolute atomic E-state index is 0.0299. The van der Waals surface area contributed by atoms with Crippen molar-refractivity contribution in [3.8, 4) is 17.1 Å². The number of hydrogen-bond acceptors (Lipinski definition) is 8. The van der Waals surface area contributed by atoms with Crippen LogP contribution in [-0.2, 0) is 7.05 Å². The zero-order chi connectivity index (χ0) is 27.5. The predicted molar refractivity (Wildman–Crippen MR) is 131 cm³/mol. The van der Waals surface area contributed by atoms with Crippen molar-refractivity contribution >= 4 is 29.1 Å². The summed E-state index contributed by atoms with van der Waals surface area (Å²) in [5.74, 6) is 0.870. The molecular weight excluding hydrogens is 462 g/mol. The van der Waals surface area contributed by atoms with Gasteiger partial charge in [0.25, 0.3) is 5.91 Å². The Hall–Kier alpha value is -4.22. The molecule has 1 aromatic carbocycles. The van der Waals surface area contributed by atoms with Crippen molar-refractivity contribution in [2.45, 2.75) is 24.8 Å². The minimum Gasteiger partial charge on any atom is -0.494 e. The number of aromatic nitrogens is 5. The Labute approximate surface area is 211 Å². The third kappa shape index (κ3) is 3.35. The lowest BCUT2D eigenvalue weighted by molar-refractivity contribution is -0.113.